The number of nitrogens with one attached hydrogen (secondary N) is 2. The van der Waals surface area contributed by atoms with Crippen molar-refractivity contribution in [2.45, 2.75) is 12.5 Å². The summed E-state index contributed by atoms with van der Waals surface area (Å²) in [5.41, 5.74) is -1.16. The third kappa shape index (κ3) is 5.02. The Morgan fingerprint density at radius 3 is 2.57 bits per heavy atom. The summed E-state index contributed by atoms with van der Waals surface area (Å²) in [6.45, 7) is 1.67. The van der Waals surface area contributed by atoms with Crippen molar-refractivity contribution in [3.05, 3.63) is 69.0 Å². The van der Waals surface area contributed by atoms with Crippen LogP contribution in [0.2, 0.25) is 5.02 Å². The van der Waals surface area contributed by atoms with Crippen LogP contribution in [0.3, 0.4) is 0 Å². The minimum absolute atomic E-state index is 0.0420. The van der Waals surface area contributed by atoms with Gasteiger partial charge in [-0.1, -0.05) is 23.7 Å². The molecule has 8 nitrogen and oxygen atoms in total. The number of hydrogen-bond donors (Lipinski definition) is 2. The van der Waals surface area contributed by atoms with Gasteiger partial charge in [-0.3, -0.25) is 19.7 Å². The average molecular weight is 410 g/mol. The van der Waals surface area contributed by atoms with Crippen LogP contribution in [-0.2, 0) is 19.9 Å². The van der Waals surface area contributed by atoms with E-state index >= 15 is 0 Å². The highest BCUT2D eigenvalue weighted by atomic mass is 35.5. The van der Waals surface area contributed by atoms with Gasteiger partial charge in [0.2, 0.25) is 5.82 Å². The van der Waals surface area contributed by atoms with E-state index in [1.807, 2.05) is 0 Å². The van der Waals surface area contributed by atoms with Crippen molar-refractivity contribution in [2.24, 2.45) is 0 Å². The molecule has 2 amide bonds. The van der Waals surface area contributed by atoms with E-state index in [1.165, 1.54) is 7.11 Å². The number of benzene rings is 2. The highest BCUT2D eigenvalue weighted by Crippen LogP contribution is 2.26. The molecule has 0 saturated heterocycles. The highest BCUT2D eigenvalue weighted by molar-refractivity contribution is 6.39. The molecule has 0 saturated carbocycles. The van der Waals surface area contributed by atoms with E-state index in [0.29, 0.717) is 10.6 Å². The fourth-order valence-corrected chi connectivity index (χ4v) is 2.55. The Hall–Kier alpha value is -3.04. The number of nitro groups is 1. The molecular formula is C18H17ClFN3O5. The van der Waals surface area contributed by atoms with Gasteiger partial charge in [0.1, 0.15) is 5.60 Å². The van der Waals surface area contributed by atoms with E-state index in [1.54, 1.807) is 31.2 Å². The summed E-state index contributed by atoms with van der Waals surface area (Å²) in [7, 11) is 1.45. The SMILES string of the molecule is COC(C)(CNC(=O)C(=O)Nc1ccc(F)c([N+](=O)[O-])c1)c1cccc(Cl)c1. The van der Waals surface area contributed by atoms with Gasteiger partial charge in [-0.15, -0.1) is 0 Å². The van der Waals surface area contributed by atoms with E-state index in [4.69, 9.17) is 16.3 Å². The minimum atomic E-state index is -1.06. The highest BCUT2D eigenvalue weighted by Gasteiger charge is 2.28. The molecule has 10 heteroatoms. The largest absolute Gasteiger partial charge is 0.372 e. The van der Waals surface area contributed by atoms with Crippen molar-refractivity contribution in [2.75, 3.05) is 19.0 Å². The topological polar surface area (TPSA) is 111 Å². The quantitative estimate of drug-likeness (QED) is 0.433. The summed E-state index contributed by atoms with van der Waals surface area (Å²) in [6.07, 6.45) is 0. The van der Waals surface area contributed by atoms with Crippen LogP contribution in [0.25, 0.3) is 0 Å². The van der Waals surface area contributed by atoms with E-state index in [-0.39, 0.29) is 12.2 Å². The number of ether oxygens (including phenoxy) is 1. The average Bonchev–Trinajstić information content (AvgIpc) is 2.67. The van der Waals surface area contributed by atoms with E-state index in [0.717, 1.165) is 18.2 Å². The first-order valence-electron chi connectivity index (χ1n) is 8.00. The maximum Gasteiger partial charge on any atom is 0.313 e. The molecule has 2 aromatic carbocycles. The fourth-order valence-electron chi connectivity index (χ4n) is 2.36. The van der Waals surface area contributed by atoms with Crippen molar-refractivity contribution >= 4 is 34.8 Å². The molecule has 0 bridgehead atoms. The normalized spacial score (nSPS) is 12.7. The first kappa shape index (κ1) is 21.3. The molecule has 1 unspecified atom stereocenters. The summed E-state index contributed by atoms with van der Waals surface area (Å²) in [4.78, 5) is 33.9. The Morgan fingerprint density at radius 2 is 1.96 bits per heavy atom. The molecule has 0 fully saturated rings. The molecule has 148 valence electrons. The predicted octanol–water partition coefficient (Wildman–Crippen LogP) is 3.00. The molecule has 0 aromatic heterocycles. The van der Waals surface area contributed by atoms with Crippen LogP contribution in [0.15, 0.2) is 42.5 Å². The molecule has 0 aliphatic heterocycles. The third-order valence-corrected chi connectivity index (χ3v) is 4.31. The number of amides is 2. The summed E-state index contributed by atoms with van der Waals surface area (Å²) >= 11 is 5.98. The molecule has 0 aliphatic carbocycles. The zero-order chi connectivity index (χ0) is 20.9. The second-order valence-corrected chi connectivity index (χ2v) is 6.44. The lowest BCUT2D eigenvalue weighted by molar-refractivity contribution is -0.387. The van der Waals surface area contributed by atoms with Crippen LogP contribution in [0.1, 0.15) is 12.5 Å². The summed E-state index contributed by atoms with van der Waals surface area (Å²) < 4.78 is 18.8. The molecular weight excluding hydrogens is 393 g/mol. The van der Waals surface area contributed by atoms with Gasteiger partial charge in [-0.25, -0.2) is 0 Å². The third-order valence-electron chi connectivity index (χ3n) is 4.08. The minimum Gasteiger partial charge on any atom is -0.372 e. The second-order valence-electron chi connectivity index (χ2n) is 6.01. The molecule has 2 rings (SSSR count). The first-order chi connectivity index (χ1) is 13.2. The number of anilines is 1. The molecule has 28 heavy (non-hydrogen) atoms. The maximum absolute atomic E-state index is 13.3. The number of methoxy groups -OCH3 is 1. The summed E-state index contributed by atoms with van der Waals surface area (Å²) in [6, 6.07) is 9.62. The van der Waals surface area contributed by atoms with Crippen LogP contribution < -0.4 is 10.6 Å². The molecule has 1 atom stereocenters. The van der Waals surface area contributed by atoms with E-state index in [2.05, 4.69) is 10.6 Å². The number of hydrogen-bond acceptors (Lipinski definition) is 5. The maximum atomic E-state index is 13.3. The smallest absolute Gasteiger partial charge is 0.313 e. The Kier molecular flexibility index (Phi) is 6.66. The van der Waals surface area contributed by atoms with Crippen LogP contribution in [0.4, 0.5) is 15.8 Å². The summed E-state index contributed by atoms with van der Waals surface area (Å²) in [5.74, 6) is -3.10. The van der Waals surface area contributed by atoms with Crippen molar-refractivity contribution in [3.63, 3.8) is 0 Å². The lowest BCUT2D eigenvalue weighted by atomic mass is 9.95. The molecule has 0 spiro atoms. The Balaban J connectivity index is 2.05. The van der Waals surface area contributed by atoms with Crippen LogP contribution >= 0.6 is 11.6 Å². The Labute approximate surface area is 164 Å². The van der Waals surface area contributed by atoms with Gasteiger partial charge in [-0.05, 0) is 36.8 Å². The molecule has 0 heterocycles. The fraction of sp³-hybridized carbons (Fsp3) is 0.222. The van der Waals surface area contributed by atoms with Gasteiger partial charge in [0.15, 0.2) is 0 Å². The zero-order valence-corrected chi connectivity index (χ0v) is 15.7. The second kappa shape index (κ2) is 8.77. The first-order valence-corrected chi connectivity index (χ1v) is 8.38. The van der Waals surface area contributed by atoms with Gasteiger partial charge in [0.25, 0.3) is 0 Å². The number of carbonyl (C=O) groups is 2. The lowest BCUT2D eigenvalue weighted by Crippen LogP contribution is -2.44. The van der Waals surface area contributed by atoms with Gasteiger partial charge in [0.05, 0.1) is 11.5 Å². The van der Waals surface area contributed by atoms with Gasteiger partial charge in [0, 0.05) is 23.9 Å². The number of halogens is 2. The molecule has 2 N–H and O–H groups in total. The van der Waals surface area contributed by atoms with Crippen LogP contribution in [0, 0.1) is 15.9 Å². The van der Waals surface area contributed by atoms with Crippen molar-refractivity contribution < 1.29 is 23.6 Å². The van der Waals surface area contributed by atoms with Crippen molar-refractivity contribution in [1.29, 1.82) is 0 Å². The van der Waals surface area contributed by atoms with Crippen LogP contribution in [0.5, 0.6) is 0 Å². The van der Waals surface area contributed by atoms with Gasteiger partial charge in [-0.2, -0.15) is 4.39 Å². The van der Waals surface area contributed by atoms with Crippen molar-refractivity contribution in [1.82, 2.24) is 5.32 Å². The van der Waals surface area contributed by atoms with Gasteiger partial charge >= 0.3 is 17.5 Å². The van der Waals surface area contributed by atoms with E-state index in [9.17, 15) is 24.1 Å². The molecule has 2 aromatic rings. The van der Waals surface area contributed by atoms with Crippen molar-refractivity contribution in [3.8, 4) is 0 Å². The van der Waals surface area contributed by atoms with Gasteiger partial charge < -0.3 is 15.4 Å². The number of rotatable bonds is 6. The molecule has 0 radical (unpaired) electrons. The zero-order valence-electron chi connectivity index (χ0n) is 15.0. The number of carbonyl (C=O) groups excluding carboxylic acids is 2. The van der Waals surface area contributed by atoms with E-state index < -0.39 is 33.8 Å². The Morgan fingerprint density at radius 1 is 1.25 bits per heavy atom. The number of nitrogens with zero attached hydrogens (tertiary/aromatic N) is 1. The predicted molar refractivity (Wildman–Crippen MR) is 101 cm³/mol. The van der Waals surface area contributed by atoms with Crippen LogP contribution in [-0.4, -0.2) is 30.4 Å². The monoisotopic (exact) mass is 409 g/mol. The Bertz CT molecular complexity index is 924. The number of nitro benzene ring substituents is 1. The lowest BCUT2D eigenvalue weighted by Gasteiger charge is -2.29. The standard InChI is InChI=1S/C18H17ClFN3O5/c1-18(28-2,11-4-3-5-12(19)8-11)10-21-16(24)17(25)22-13-6-7-14(20)15(9-13)23(26)27/h3-9H,10H2,1-2H3,(H,21,24)(H,22,25). The summed E-state index contributed by atoms with van der Waals surface area (Å²) in [5, 5.41) is 15.9. The molecule has 0 aliphatic rings.